The largest absolute Gasteiger partial charge is 0.381 e. The highest BCUT2D eigenvalue weighted by molar-refractivity contribution is 5.31. The lowest BCUT2D eigenvalue weighted by Gasteiger charge is -2.27. The van der Waals surface area contributed by atoms with Crippen molar-refractivity contribution in [3.8, 4) is 6.07 Å². The molecule has 0 amide bonds. The smallest absolute Gasteiger partial charge is 0.134 e. The van der Waals surface area contributed by atoms with Crippen molar-refractivity contribution in [1.82, 2.24) is 5.32 Å². The highest BCUT2D eigenvalue weighted by atomic mass is 16.5. The lowest BCUT2D eigenvalue weighted by molar-refractivity contribution is 0.0946. The number of nitrogens with zero attached hydrogens (tertiary/aromatic N) is 1. The molecule has 1 aromatic rings. The molecule has 0 spiro atoms. The molecule has 20 heavy (non-hydrogen) atoms. The Bertz CT molecular complexity index is 431. The second kappa shape index (κ2) is 7.42. The maximum atomic E-state index is 9.55. The van der Waals surface area contributed by atoms with E-state index in [1.807, 2.05) is 37.4 Å². The summed E-state index contributed by atoms with van der Waals surface area (Å²) in [5.74, 6) is 0. The van der Waals surface area contributed by atoms with E-state index in [0.29, 0.717) is 13.0 Å². The predicted octanol–water partition coefficient (Wildman–Crippen LogP) is 3.47. The average Bonchev–Trinajstić information content (AvgIpc) is 2.43. The van der Waals surface area contributed by atoms with E-state index >= 15 is 0 Å². The highest BCUT2D eigenvalue weighted by Gasteiger charge is 2.29. The summed E-state index contributed by atoms with van der Waals surface area (Å²) in [6, 6.07) is 12.2. The molecular weight excluding hydrogens is 248 g/mol. The maximum absolute atomic E-state index is 9.55. The summed E-state index contributed by atoms with van der Waals surface area (Å²) in [5.41, 5.74) is 0.613. The zero-order valence-electron chi connectivity index (χ0n) is 13.1. The van der Waals surface area contributed by atoms with E-state index in [1.54, 1.807) is 0 Å². The van der Waals surface area contributed by atoms with Crippen molar-refractivity contribution < 1.29 is 4.74 Å². The Morgan fingerprint density at radius 2 is 1.70 bits per heavy atom. The van der Waals surface area contributed by atoms with Crippen LogP contribution in [0.1, 0.15) is 39.2 Å². The standard InChI is InChI=1S/C17H26N2O/c1-16(2,3)10-12-20-13-11-17(14-18,19-4)15-8-6-5-7-9-15/h5-9,19H,10-13H2,1-4H3. The SMILES string of the molecule is CNC(C#N)(CCOCCC(C)(C)C)c1ccccc1. The van der Waals surface area contributed by atoms with Gasteiger partial charge in [0, 0.05) is 19.6 Å². The molecule has 0 saturated heterocycles. The Balaban J connectivity index is 2.55. The Morgan fingerprint density at radius 3 is 2.20 bits per heavy atom. The third-order valence-corrected chi connectivity index (χ3v) is 3.50. The molecule has 3 nitrogen and oxygen atoms in total. The second-order valence-electron chi connectivity index (χ2n) is 6.31. The van der Waals surface area contributed by atoms with Crippen LogP contribution >= 0.6 is 0 Å². The summed E-state index contributed by atoms with van der Waals surface area (Å²) < 4.78 is 5.70. The quantitative estimate of drug-likeness (QED) is 0.774. The van der Waals surface area contributed by atoms with Gasteiger partial charge in [-0.05, 0) is 24.4 Å². The van der Waals surface area contributed by atoms with Gasteiger partial charge in [0.15, 0.2) is 0 Å². The number of benzene rings is 1. The van der Waals surface area contributed by atoms with Crippen LogP contribution in [0.25, 0.3) is 0 Å². The first-order chi connectivity index (χ1) is 9.43. The molecule has 1 N–H and O–H groups in total. The second-order valence-corrected chi connectivity index (χ2v) is 6.31. The molecule has 1 unspecified atom stereocenters. The molecule has 0 fully saturated rings. The Hall–Kier alpha value is -1.37. The van der Waals surface area contributed by atoms with Crippen LogP contribution in [0.15, 0.2) is 30.3 Å². The van der Waals surface area contributed by atoms with Gasteiger partial charge in [-0.25, -0.2) is 0 Å². The zero-order valence-corrected chi connectivity index (χ0v) is 13.1. The van der Waals surface area contributed by atoms with Gasteiger partial charge < -0.3 is 4.74 Å². The predicted molar refractivity (Wildman–Crippen MR) is 82.3 cm³/mol. The van der Waals surface area contributed by atoms with E-state index in [1.165, 1.54) is 0 Å². The van der Waals surface area contributed by atoms with Crippen molar-refractivity contribution in [2.75, 3.05) is 20.3 Å². The summed E-state index contributed by atoms with van der Waals surface area (Å²) in [7, 11) is 1.82. The molecule has 1 rings (SSSR count). The maximum Gasteiger partial charge on any atom is 0.134 e. The topological polar surface area (TPSA) is 45.0 Å². The molecule has 0 heterocycles. The van der Waals surface area contributed by atoms with Crippen LogP contribution in [0, 0.1) is 16.7 Å². The first-order valence-corrected chi connectivity index (χ1v) is 7.17. The summed E-state index contributed by atoms with van der Waals surface area (Å²) in [4.78, 5) is 0. The number of nitrogens with one attached hydrogen (secondary N) is 1. The molecule has 1 aromatic carbocycles. The summed E-state index contributed by atoms with van der Waals surface area (Å²) in [5, 5.41) is 12.7. The average molecular weight is 274 g/mol. The minimum atomic E-state index is -0.664. The molecule has 0 bridgehead atoms. The van der Waals surface area contributed by atoms with Crippen LogP contribution < -0.4 is 5.32 Å². The van der Waals surface area contributed by atoms with Crippen molar-refractivity contribution in [3.63, 3.8) is 0 Å². The van der Waals surface area contributed by atoms with Crippen molar-refractivity contribution >= 4 is 0 Å². The van der Waals surface area contributed by atoms with Crippen LogP contribution in [0.2, 0.25) is 0 Å². The van der Waals surface area contributed by atoms with E-state index in [9.17, 15) is 5.26 Å². The van der Waals surface area contributed by atoms with Gasteiger partial charge in [0.25, 0.3) is 0 Å². The normalized spacial score (nSPS) is 14.6. The molecular formula is C17H26N2O. The monoisotopic (exact) mass is 274 g/mol. The van der Waals surface area contributed by atoms with Crippen molar-refractivity contribution in [2.24, 2.45) is 5.41 Å². The summed E-state index contributed by atoms with van der Waals surface area (Å²) in [6.07, 6.45) is 1.67. The van der Waals surface area contributed by atoms with Crippen LogP contribution in [-0.4, -0.2) is 20.3 Å². The molecule has 110 valence electrons. The fraction of sp³-hybridized carbons (Fsp3) is 0.588. The first-order valence-electron chi connectivity index (χ1n) is 7.17. The van der Waals surface area contributed by atoms with Crippen molar-refractivity contribution in [2.45, 2.75) is 39.2 Å². The van der Waals surface area contributed by atoms with Gasteiger partial charge >= 0.3 is 0 Å². The Kier molecular flexibility index (Phi) is 6.19. The summed E-state index contributed by atoms with van der Waals surface area (Å²) >= 11 is 0. The van der Waals surface area contributed by atoms with Gasteiger partial charge in [0.2, 0.25) is 0 Å². The van der Waals surface area contributed by atoms with Crippen molar-refractivity contribution in [3.05, 3.63) is 35.9 Å². The Morgan fingerprint density at radius 1 is 1.10 bits per heavy atom. The van der Waals surface area contributed by atoms with Gasteiger partial charge in [-0.15, -0.1) is 0 Å². The third kappa shape index (κ3) is 4.96. The molecule has 0 saturated carbocycles. The molecule has 0 aliphatic rings. The fourth-order valence-electron chi connectivity index (χ4n) is 2.02. The van der Waals surface area contributed by atoms with Gasteiger partial charge in [-0.3, -0.25) is 5.32 Å². The van der Waals surface area contributed by atoms with Crippen LogP contribution in [0.5, 0.6) is 0 Å². The lowest BCUT2D eigenvalue weighted by Crippen LogP contribution is -2.39. The first kappa shape index (κ1) is 16.7. The minimum absolute atomic E-state index is 0.286. The van der Waals surface area contributed by atoms with E-state index in [2.05, 4.69) is 32.2 Å². The van der Waals surface area contributed by atoms with E-state index in [4.69, 9.17) is 4.74 Å². The summed E-state index contributed by atoms with van der Waals surface area (Å²) in [6.45, 7) is 7.93. The van der Waals surface area contributed by atoms with Crippen LogP contribution in [-0.2, 0) is 10.3 Å². The van der Waals surface area contributed by atoms with Gasteiger partial charge in [-0.1, -0.05) is 51.1 Å². The van der Waals surface area contributed by atoms with Gasteiger partial charge in [-0.2, -0.15) is 5.26 Å². The third-order valence-electron chi connectivity index (χ3n) is 3.50. The molecule has 0 aliphatic heterocycles. The number of hydrogen-bond donors (Lipinski definition) is 1. The number of hydrogen-bond acceptors (Lipinski definition) is 3. The highest BCUT2D eigenvalue weighted by Crippen LogP contribution is 2.24. The molecule has 0 radical (unpaired) electrons. The number of nitriles is 1. The van der Waals surface area contributed by atoms with Crippen LogP contribution in [0.4, 0.5) is 0 Å². The van der Waals surface area contributed by atoms with Crippen molar-refractivity contribution in [1.29, 1.82) is 5.26 Å². The van der Waals surface area contributed by atoms with Gasteiger partial charge in [0.05, 0.1) is 6.07 Å². The minimum Gasteiger partial charge on any atom is -0.381 e. The van der Waals surface area contributed by atoms with Crippen LogP contribution in [0.3, 0.4) is 0 Å². The van der Waals surface area contributed by atoms with Gasteiger partial charge in [0.1, 0.15) is 5.54 Å². The van der Waals surface area contributed by atoms with E-state index < -0.39 is 5.54 Å². The Labute approximate surface area is 123 Å². The molecule has 0 aromatic heterocycles. The molecule has 1 atom stereocenters. The number of rotatable bonds is 7. The van der Waals surface area contributed by atoms with E-state index in [0.717, 1.165) is 18.6 Å². The zero-order chi connectivity index (χ0) is 15.1. The molecule has 0 aliphatic carbocycles. The molecule has 3 heteroatoms. The number of ether oxygens (including phenoxy) is 1. The lowest BCUT2D eigenvalue weighted by atomic mass is 9.88. The van der Waals surface area contributed by atoms with E-state index in [-0.39, 0.29) is 5.41 Å². The fourth-order valence-corrected chi connectivity index (χ4v) is 2.02.